The van der Waals surface area contributed by atoms with E-state index in [9.17, 15) is 9.59 Å². The summed E-state index contributed by atoms with van der Waals surface area (Å²) in [5, 5.41) is 11.7. The zero-order valence-electron chi connectivity index (χ0n) is 9.53. The number of rotatable bonds is 3. The first kappa shape index (κ1) is 13.3. The first-order valence-electron chi connectivity index (χ1n) is 5.01. The van der Waals surface area contributed by atoms with E-state index < -0.39 is 12.0 Å². The maximum Gasteiger partial charge on any atom is 0.337 e. The van der Waals surface area contributed by atoms with Crippen molar-refractivity contribution < 1.29 is 14.7 Å². The van der Waals surface area contributed by atoms with Crippen LogP contribution in [-0.4, -0.2) is 35.6 Å². The number of hydrogen-bond donors (Lipinski definition) is 2. The van der Waals surface area contributed by atoms with Gasteiger partial charge in [-0.15, -0.1) is 0 Å². The Morgan fingerprint density at radius 3 is 2.65 bits per heavy atom. The molecule has 5 nitrogen and oxygen atoms in total. The third-order valence-electron chi connectivity index (χ3n) is 2.30. The lowest BCUT2D eigenvalue weighted by Gasteiger charge is -2.17. The van der Waals surface area contributed by atoms with Crippen LogP contribution in [0, 0.1) is 0 Å². The largest absolute Gasteiger partial charge is 0.478 e. The normalized spacial score (nSPS) is 9.82. The number of carbonyl (C=O) groups is 2. The second-order valence-electron chi connectivity index (χ2n) is 3.41. The molecule has 92 valence electrons. The van der Waals surface area contributed by atoms with Gasteiger partial charge in [-0.2, -0.15) is 0 Å². The Kier molecular flexibility index (Phi) is 4.34. The molecule has 2 N–H and O–H groups in total. The first-order chi connectivity index (χ1) is 7.97. The lowest BCUT2D eigenvalue weighted by atomic mass is 10.2. The third-order valence-corrected chi connectivity index (χ3v) is 2.61. The maximum atomic E-state index is 11.6. The van der Waals surface area contributed by atoms with Crippen LogP contribution in [0.15, 0.2) is 18.2 Å². The standard InChI is InChI=1S/C11H13ClN2O3/c1-3-14(2)11(17)13-9-7(10(15)16)5-4-6-8(9)12/h4-6H,3H2,1-2H3,(H,13,17)(H,15,16). The third kappa shape index (κ3) is 3.10. The van der Waals surface area contributed by atoms with E-state index in [-0.39, 0.29) is 16.3 Å². The zero-order valence-corrected chi connectivity index (χ0v) is 10.3. The van der Waals surface area contributed by atoms with Crippen LogP contribution in [0.4, 0.5) is 10.5 Å². The summed E-state index contributed by atoms with van der Waals surface area (Å²) in [4.78, 5) is 24.0. The number of hydrogen-bond acceptors (Lipinski definition) is 2. The van der Waals surface area contributed by atoms with Crippen LogP contribution >= 0.6 is 11.6 Å². The summed E-state index contributed by atoms with van der Waals surface area (Å²) in [7, 11) is 1.60. The van der Waals surface area contributed by atoms with E-state index >= 15 is 0 Å². The summed E-state index contributed by atoms with van der Waals surface area (Å²) >= 11 is 5.87. The van der Waals surface area contributed by atoms with Crippen LogP contribution in [0.1, 0.15) is 17.3 Å². The van der Waals surface area contributed by atoms with Gasteiger partial charge in [-0.25, -0.2) is 9.59 Å². The molecule has 0 aliphatic carbocycles. The molecule has 1 aromatic rings. The molecule has 2 amide bonds. The highest BCUT2D eigenvalue weighted by molar-refractivity contribution is 6.34. The van der Waals surface area contributed by atoms with Crippen molar-refractivity contribution in [2.24, 2.45) is 0 Å². The summed E-state index contributed by atoms with van der Waals surface area (Å²) in [6.45, 7) is 2.32. The topological polar surface area (TPSA) is 69.6 Å². The molecule has 0 atom stereocenters. The fourth-order valence-electron chi connectivity index (χ4n) is 1.18. The second-order valence-corrected chi connectivity index (χ2v) is 3.82. The lowest BCUT2D eigenvalue weighted by molar-refractivity contribution is 0.0698. The van der Waals surface area contributed by atoms with E-state index in [0.29, 0.717) is 6.54 Å². The predicted octanol–water partition coefficient (Wildman–Crippen LogP) is 2.52. The van der Waals surface area contributed by atoms with E-state index in [2.05, 4.69) is 5.32 Å². The highest BCUT2D eigenvalue weighted by Gasteiger charge is 2.16. The van der Waals surface area contributed by atoms with Crippen LogP contribution in [0.3, 0.4) is 0 Å². The molecule has 0 bridgehead atoms. The fraction of sp³-hybridized carbons (Fsp3) is 0.273. The van der Waals surface area contributed by atoms with E-state index in [4.69, 9.17) is 16.7 Å². The summed E-state index contributed by atoms with van der Waals surface area (Å²) in [5.74, 6) is -1.14. The fourth-order valence-corrected chi connectivity index (χ4v) is 1.40. The van der Waals surface area contributed by atoms with Crippen molar-refractivity contribution >= 4 is 29.3 Å². The highest BCUT2D eigenvalue weighted by Crippen LogP contribution is 2.26. The minimum absolute atomic E-state index is 0.0321. The zero-order chi connectivity index (χ0) is 13.0. The smallest absolute Gasteiger partial charge is 0.337 e. The predicted molar refractivity (Wildman–Crippen MR) is 65.7 cm³/mol. The van der Waals surface area contributed by atoms with Gasteiger partial charge in [0.05, 0.1) is 16.3 Å². The Morgan fingerprint density at radius 2 is 2.12 bits per heavy atom. The number of urea groups is 1. The Balaban J connectivity index is 3.05. The highest BCUT2D eigenvalue weighted by atomic mass is 35.5. The summed E-state index contributed by atoms with van der Waals surface area (Å²) in [5.41, 5.74) is 0.0855. The van der Waals surface area contributed by atoms with Gasteiger partial charge < -0.3 is 15.3 Å². The molecule has 17 heavy (non-hydrogen) atoms. The molecule has 0 aliphatic rings. The van der Waals surface area contributed by atoms with Crippen LogP contribution in [0.5, 0.6) is 0 Å². The maximum absolute atomic E-state index is 11.6. The Bertz CT molecular complexity index is 448. The molecule has 0 unspecified atom stereocenters. The van der Waals surface area contributed by atoms with Crippen molar-refractivity contribution in [2.45, 2.75) is 6.92 Å². The molecule has 0 aliphatic heterocycles. The van der Waals surface area contributed by atoms with E-state index in [1.54, 1.807) is 7.05 Å². The molecule has 0 heterocycles. The van der Waals surface area contributed by atoms with Gasteiger partial charge in [0.2, 0.25) is 0 Å². The molecule has 0 fully saturated rings. The summed E-state index contributed by atoms with van der Waals surface area (Å²) in [6.07, 6.45) is 0. The van der Waals surface area contributed by atoms with Crippen LogP contribution in [0.2, 0.25) is 5.02 Å². The van der Waals surface area contributed by atoms with Gasteiger partial charge in [0, 0.05) is 13.6 Å². The van der Waals surface area contributed by atoms with Crippen molar-refractivity contribution in [1.29, 1.82) is 0 Å². The lowest BCUT2D eigenvalue weighted by Crippen LogP contribution is -2.31. The number of nitrogens with zero attached hydrogens (tertiary/aromatic N) is 1. The summed E-state index contributed by atoms with van der Waals surface area (Å²) < 4.78 is 0. The van der Waals surface area contributed by atoms with Gasteiger partial charge in [-0.05, 0) is 19.1 Å². The number of nitrogens with one attached hydrogen (secondary N) is 1. The SMILES string of the molecule is CCN(C)C(=O)Nc1c(Cl)cccc1C(=O)O. The van der Waals surface area contributed by atoms with E-state index in [0.717, 1.165) is 0 Å². The number of amides is 2. The minimum atomic E-state index is -1.14. The average molecular weight is 257 g/mol. The molecule has 6 heteroatoms. The number of aromatic carboxylic acids is 1. The number of anilines is 1. The Morgan fingerprint density at radius 1 is 1.47 bits per heavy atom. The number of benzene rings is 1. The average Bonchev–Trinajstić information content (AvgIpc) is 2.30. The Hall–Kier alpha value is -1.75. The van der Waals surface area contributed by atoms with Gasteiger partial charge in [0.15, 0.2) is 0 Å². The van der Waals surface area contributed by atoms with E-state index in [1.807, 2.05) is 6.92 Å². The van der Waals surface area contributed by atoms with Gasteiger partial charge >= 0.3 is 12.0 Å². The number of carbonyl (C=O) groups excluding carboxylic acids is 1. The molecule has 1 aromatic carbocycles. The molecule has 0 radical (unpaired) electrons. The molecule has 0 saturated heterocycles. The molecule has 0 aromatic heterocycles. The summed E-state index contributed by atoms with van der Waals surface area (Å²) in [6, 6.07) is 4.03. The van der Waals surface area contributed by atoms with E-state index in [1.165, 1.54) is 23.1 Å². The molecule has 0 saturated carbocycles. The van der Waals surface area contributed by atoms with Crippen molar-refractivity contribution in [2.75, 3.05) is 18.9 Å². The van der Waals surface area contributed by atoms with Gasteiger partial charge in [0.1, 0.15) is 0 Å². The van der Waals surface area contributed by atoms with Crippen molar-refractivity contribution in [3.63, 3.8) is 0 Å². The molecule has 1 rings (SSSR count). The van der Waals surface area contributed by atoms with Crippen molar-refractivity contribution in [3.8, 4) is 0 Å². The quantitative estimate of drug-likeness (QED) is 0.873. The second kappa shape index (κ2) is 5.54. The monoisotopic (exact) mass is 256 g/mol. The molecular formula is C11H13ClN2O3. The van der Waals surface area contributed by atoms with Crippen molar-refractivity contribution in [1.82, 2.24) is 4.90 Å². The van der Waals surface area contributed by atoms with Gasteiger partial charge in [0.25, 0.3) is 0 Å². The molecule has 0 spiro atoms. The van der Waals surface area contributed by atoms with Crippen LogP contribution in [0.25, 0.3) is 0 Å². The Labute approximate surface area is 104 Å². The number of carboxylic acids is 1. The number of carboxylic acid groups (broad SMARTS) is 1. The van der Waals surface area contributed by atoms with Gasteiger partial charge in [-0.3, -0.25) is 0 Å². The van der Waals surface area contributed by atoms with Crippen LogP contribution < -0.4 is 5.32 Å². The first-order valence-corrected chi connectivity index (χ1v) is 5.39. The minimum Gasteiger partial charge on any atom is -0.478 e. The number of para-hydroxylation sites is 1. The molecular weight excluding hydrogens is 244 g/mol. The van der Waals surface area contributed by atoms with Gasteiger partial charge in [-0.1, -0.05) is 17.7 Å². The van der Waals surface area contributed by atoms with Crippen LogP contribution in [-0.2, 0) is 0 Å². The van der Waals surface area contributed by atoms with Crippen molar-refractivity contribution in [3.05, 3.63) is 28.8 Å². The number of halogens is 1.